The molecule has 0 spiro atoms. The number of carbonyl (C=O) groups is 1. The Morgan fingerprint density at radius 2 is 2.00 bits per heavy atom. The number of amidine groups is 1. The second-order valence-electron chi connectivity index (χ2n) is 4.72. The first kappa shape index (κ1) is 13.8. The van der Waals surface area contributed by atoms with Crippen molar-refractivity contribution < 1.29 is 4.79 Å². The van der Waals surface area contributed by atoms with Crippen molar-refractivity contribution in [1.29, 1.82) is 0 Å². The van der Waals surface area contributed by atoms with Gasteiger partial charge in [0.05, 0.1) is 11.5 Å². The lowest BCUT2D eigenvalue weighted by Crippen LogP contribution is -2.23. The van der Waals surface area contributed by atoms with Gasteiger partial charge >= 0.3 is 0 Å². The number of benzene rings is 1. The molecule has 19 heavy (non-hydrogen) atoms. The van der Waals surface area contributed by atoms with Crippen LogP contribution in [0.25, 0.3) is 0 Å². The van der Waals surface area contributed by atoms with Gasteiger partial charge < -0.3 is 5.32 Å². The average molecular weight is 275 g/mol. The van der Waals surface area contributed by atoms with Gasteiger partial charge in [0.2, 0.25) is 5.91 Å². The van der Waals surface area contributed by atoms with E-state index in [-0.39, 0.29) is 11.2 Å². The topological polar surface area (TPSA) is 53.8 Å². The van der Waals surface area contributed by atoms with Gasteiger partial charge in [-0.15, -0.1) is 5.10 Å². The van der Waals surface area contributed by atoms with E-state index in [1.165, 1.54) is 17.3 Å². The summed E-state index contributed by atoms with van der Waals surface area (Å²) in [5, 5.41) is 11.1. The number of nitrogens with one attached hydrogen (secondary N) is 1. The Balaban J connectivity index is 1.99. The van der Waals surface area contributed by atoms with Crippen LogP contribution in [0.4, 0.5) is 0 Å². The average Bonchev–Trinajstić information content (AvgIpc) is 2.69. The number of rotatable bonds is 3. The summed E-state index contributed by atoms with van der Waals surface area (Å²) in [6.07, 6.45) is 1.69. The molecule has 5 heteroatoms. The second-order valence-corrected chi connectivity index (χ2v) is 6.05. The van der Waals surface area contributed by atoms with Crippen LogP contribution in [0.15, 0.2) is 34.5 Å². The number of thioether (sulfide) groups is 1. The fourth-order valence-corrected chi connectivity index (χ4v) is 2.38. The minimum Gasteiger partial charge on any atom is -0.303 e. The number of hydrogen-bond acceptors (Lipinski definition) is 4. The van der Waals surface area contributed by atoms with Gasteiger partial charge in [-0.3, -0.25) is 4.79 Å². The Hall–Kier alpha value is -1.62. The lowest BCUT2D eigenvalue weighted by molar-refractivity contribution is -0.118. The third kappa shape index (κ3) is 3.67. The number of amides is 1. The zero-order valence-electron chi connectivity index (χ0n) is 11.3. The summed E-state index contributed by atoms with van der Waals surface area (Å²) < 4.78 is 0. The number of hydrogen-bond donors (Lipinski definition) is 1. The van der Waals surface area contributed by atoms with E-state index in [1.54, 1.807) is 6.21 Å². The molecule has 2 rings (SSSR count). The zero-order valence-corrected chi connectivity index (χ0v) is 12.1. The van der Waals surface area contributed by atoms with Gasteiger partial charge in [-0.25, -0.2) is 0 Å². The molecule has 1 atom stereocenters. The molecule has 1 amide bonds. The van der Waals surface area contributed by atoms with Crippen LogP contribution in [-0.4, -0.2) is 22.5 Å². The van der Waals surface area contributed by atoms with E-state index in [2.05, 4.69) is 41.5 Å². The van der Waals surface area contributed by atoms with Crippen molar-refractivity contribution in [1.82, 2.24) is 5.32 Å². The fraction of sp³-hybridized carbons (Fsp3) is 0.357. The molecule has 1 heterocycles. The van der Waals surface area contributed by atoms with Crippen LogP contribution in [0.3, 0.4) is 0 Å². The molecule has 0 aliphatic carbocycles. The highest BCUT2D eigenvalue weighted by atomic mass is 32.2. The second kappa shape index (κ2) is 6.02. The highest BCUT2D eigenvalue weighted by Crippen LogP contribution is 2.18. The van der Waals surface area contributed by atoms with E-state index in [0.717, 1.165) is 5.56 Å². The van der Waals surface area contributed by atoms with Crippen molar-refractivity contribution in [3.63, 3.8) is 0 Å². The normalized spacial score (nSPS) is 21.6. The van der Waals surface area contributed by atoms with E-state index in [9.17, 15) is 4.79 Å². The van der Waals surface area contributed by atoms with Crippen molar-refractivity contribution in [3.05, 3.63) is 35.4 Å². The molecule has 0 bridgehead atoms. The minimum absolute atomic E-state index is 0.0137. The molecule has 1 unspecified atom stereocenters. The van der Waals surface area contributed by atoms with Crippen LogP contribution in [-0.2, 0) is 4.79 Å². The highest BCUT2D eigenvalue weighted by molar-refractivity contribution is 8.15. The molecular weight excluding hydrogens is 258 g/mol. The van der Waals surface area contributed by atoms with E-state index < -0.39 is 0 Å². The standard InChI is InChI=1S/C14H17N3OS/c1-9(2)12-6-4-11(5-7-12)8-15-17-14-16-13(18)10(3)19-14/h4-10H,1-3H3,(H,16,17,18). The van der Waals surface area contributed by atoms with Gasteiger partial charge in [0.25, 0.3) is 0 Å². The van der Waals surface area contributed by atoms with Crippen LogP contribution in [0.2, 0.25) is 0 Å². The van der Waals surface area contributed by atoms with Crippen molar-refractivity contribution in [2.24, 2.45) is 10.2 Å². The van der Waals surface area contributed by atoms with Crippen molar-refractivity contribution in [3.8, 4) is 0 Å². The molecule has 0 radical (unpaired) electrons. The first-order valence-corrected chi connectivity index (χ1v) is 7.12. The van der Waals surface area contributed by atoms with Crippen molar-refractivity contribution >= 4 is 29.1 Å². The Morgan fingerprint density at radius 3 is 2.53 bits per heavy atom. The maximum atomic E-state index is 11.3. The van der Waals surface area contributed by atoms with Gasteiger partial charge in [-0.2, -0.15) is 5.10 Å². The Bertz CT molecular complexity index is 520. The molecule has 1 aromatic rings. The molecule has 1 aliphatic heterocycles. The van der Waals surface area contributed by atoms with Gasteiger partial charge in [-0.05, 0) is 24.0 Å². The molecule has 0 saturated carbocycles. The van der Waals surface area contributed by atoms with Crippen molar-refractivity contribution in [2.45, 2.75) is 31.9 Å². The maximum Gasteiger partial charge on any atom is 0.239 e. The Morgan fingerprint density at radius 1 is 1.32 bits per heavy atom. The summed E-state index contributed by atoms with van der Waals surface area (Å²) in [4.78, 5) is 11.3. The SMILES string of the molecule is CC1S/C(=N\N=Cc2ccc(C(C)C)cc2)NC1=O. The molecule has 1 N–H and O–H groups in total. The summed E-state index contributed by atoms with van der Waals surface area (Å²) in [7, 11) is 0. The van der Waals surface area contributed by atoms with E-state index in [4.69, 9.17) is 0 Å². The number of nitrogens with zero attached hydrogens (tertiary/aromatic N) is 2. The van der Waals surface area contributed by atoms with Gasteiger partial charge in [0.1, 0.15) is 0 Å². The summed E-state index contributed by atoms with van der Waals surface area (Å²) in [5.74, 6) is 0.512. The summed E-state index contributed by atoms with van der Waals surface area (Å²) >= 11 is 1.39. The first-order chi connectivity index (χ1) is 9.06. The molecule has 1 fully saturated rings. The summed E-state index contributed by atoms with van der Waals surface area (Å²) in [5.41, 5.74) is 2.30. The lowest BCUT2D eigenvalue weighted by atomic mass is 10.0. The maximum absolute atomic E-state index is 11.3. The zero-order chi connectivity index (χ0) is 13.8. The largest absolute Gasteiger partial charge is 0.303 e. The molecule has 0 aromatic heterocycles. The smallest absolute Gasteiger partial charge is 0.239 e. The van der Waals surface area contributed by atoms with E-state index in [1.807, 2.05) is 19.1 Å². The van der Waals surface area contributed by atoms with Gasteiger partial charge in [0, 0.05) is 0 Å². The highest BCUT2D eigenvalue weighted by Gasteiger charge is 2.25. The van der Waals surface area contributed by atoms with E-state index in [0.29, 0.717) is 11.1 Å². The lowest BCUT2D eigenvalue weighted by Gasteiger charge is -2.03. The number of carbonyl (C=O) groups excluding carboxylic acids is 1. The third-order valence-corrected chi connectivity index (χ3v) is 3.82. The van der Waals surface area contributed by atoms with Crippen LogP contribution < -0.4 is 5.32 Å². The monoisotopic (exact) mass is 275 g/mol. The van der Waals surface area contributed by atoms with Crippen LogP contribution in [0.5, 0.6) is 0 Å². The summed E-state index contributed by atoms with van der Waals surface area (Å²) in [6.45, 7) is 6.17. The quantitative estimate of drug-likeness (QED) is 0.681. The predicted octanol–water partition coefficient (Wildman–Crippen LogP) is 2.75. The van der Waals surface area contributed by atoms with Crippen molar-refractivity contribution in [2.75, 3.05) is 0 Å². The van der Waals surface area contributed by atoms with Gasteiger partial charge in [-0.1, -0.05) is 49.9 Å². The molecule has 1 aromatic carbocycles. The molecule has 1 aliphatic rings. The molecule has 4 nitrogen and oxygen atoms in total. The molecule has 100 valence electrons. The Labute approximate surface area is 117 Å². The molecule has 1 saturated heterocycles. The predicted molar refractivity (Wildman–Crippen MR) is 80.8 cm³/mol. The third-order valence-electron chi connectivity index (χ3n) is 2.85. The van der Waals surface area contributed by atoms with Gasteiger partial charge in [0.15, 0.2) is 5.17 Å². The minimum atomic E-state index is -0.0840. The Kier molecular flexibility index (Phi) is 4.37. The van der Waals surface area contributed by atoms with Crippen LogP contribution in [0.1, 0.15) is 37.8 Å². The van der Waals surface area contributed by atoms with Crippen LogP contribution in [0, 0.1) is 0 Å². The molecular formula is C14H17N3OS. The van der Waals surface area contributed by atoms with E-state index >= 15 is 0 Å². The fourth-order valence-electron chi connectivity index (χ4n) is 1.62. The first-order valence-electron chi connectivity index (χ1n) is 6.25. The van der Waals surface area contributed by atoms with Crippen LogP contribution >= 0.6 is 11.8 Å². The summed E-state index contributed by atoms with van der Waals surface area (Å²) in [6, 6.07) is 8.21.